The van der Waals surface area contributed by atoms with E-state index in [1.807, 2.05) is 0 Å². The smallest absolute Gasteiger partial charge is 0.375 e. The van der Waals surface area contributed by atoms with Gasteiger partial charge in [0.25, 0.3) is 0 Å². The topological polar surface area (TPSA) is 100.0 Å². The predicted octanol–water partition coefficient (Wildman–Crippen LogP) is -0.469. The molecular weight excluding hydrogens is 228 g/mol. The van der Waals surface area contributed by atoms with Crippen molar-refractivity contribution in [2.24, 2.45) is 0 Å². The first kappa shape index (κ1) is 13.1. The van der Waals surface area contributed by atoms with Gasteiger partial charge in [0.15, 0.2) is 6.04 Å². The molecule has 0 aliphatic carbocycles. The van der Waals surface area contributed by atoms with Gasteiger partial charge in [-0.15, -0.1) is 5.06 Å². The highest BCUT2D eigenvalue weighted by Gasteiger charge is 2.25. The van der Waals surface area contributed by atoms with Gasteiger partial charge in [-0.25, -0.2) is 9.78 Å². The normalized spacial score (nSPS) is 12.2. The van der Waals surface area contributed by atoms with E-state index in [9.17, 15) is 9.59 Å². The van der Waals surface area contributed by atoms with Crippen LogP contribution < -0.4 is 0 Å². The first-order valence-electron chi connectivity index (χ1n) is 4.76. The summed E-state index contributed by atoms with van der Waals surface area (Å²) in [5.74, 6) is -2.07. The zero-order chi connectivity index (χ0) is 12.8. The van der Waals surface area contributed by atoms with Crippen LogP contribution in [0.15, 0.2) is 24.4 Å². The molecule has 1 rings (SSSR count). The van der Waals surface area contributed by atoms with Gasteiger partial charge in [-0.1, -0.05) is 6.07 Å². The number of aliphatic carboxylic acids is 1. The average molecular weight is 240 g/mol. The number of carboxylic acid groups (broad SMARTS) is 1. The quantitative estimate of drug-likeness (QED) is 0.671. The number of likely N-dealkylation sites (N-methyl/N-ethyl adjacent to an activating group) is 1. The molecule has 0 amide bonds. The summed E-state index contributed by atoms with van der Waals surface area (Å²) in [7, 11) is 1.25. The largest absolute Gasteiger partial charge is 0.480 e. The van der Waals surface area contributed by atoms with Crippen LogP contribution >= 0.6 is 0 Å². The Bertz CT molecular complexity index is 395. The summed E-state index contributed by atoms with van der Waals surface area (Å²) < 4.78 is 0. The fourth-order valence-electron chi connectivity index (χ4n) is 1.07. The van der Waals surface area contributed by atoms with E-state index >= 15 is 0 Å². The summed E-state index contributed by atoms with van der Waals surface area (Å²) in [4.78, 5) is 30.7. The lowest BCUT2D eigenvalue weighted by molar-refractivity contribution is -0.168. The zero-order valence-corrected chi connectivity index (χ0v) is 9.11. The van der Waals surface area contributed by atoms with Crippen molar-refractivity contribution in [2.45, 2.75) is 6.04 Å². The lowest BCUT2D eigenvalue weighted by Gasteiger charge is -2.20. The Kier molecular flexibility index (Phi) is 4.56. The maximum Gasteiger partial charge on any atom is 0.375 e. The van der Waals surface area contributed by atoms with E-state index < -0.39 is 24.6 Å². The number of hydrogen-bond acceptors (Lipinski definition) is 6. The molecular formula is C10H12N2O5. The van der Waals surface area contributed by atoms with E-state index in [2.05, 4.69) is 4.98 Å². The highest BCUT2D eigenvalue weighted by atomic mass is 16.7. The van der Waals surface area contributed by atoms with Crippen molar-refractivity contribution in [1.82, 2.24) is 10.0 Å². The molecule has 7 heteroatoms. The Labute approximate surface area is 97.2 Å². The van der Waals surface area contributed by atoms with Crippen LogP contribution in [0, 0.1) is 0 Å². The molecule has 0 saturated carbocycles. The van der Waals surface area contributed by atoms with Crippen LogP contribution in [0.1, 0.15) is 10.5 Å². The Morgan fingerprint density at radius 3 is 2.71 bits per heavy atom. The molecule has 0 bridgehead atoms. The van der Waals surface area contributed by atoms with E-state index in [0.29, 0.717) is 0 Å². The Hall–Kier alpha value is -1.99. The lowest BCUT2D eigenvalue weighted by atomic mass is 10.3. The van der Waals surface area contributed by atoms with Gasteiger partial charge in [0.1, 0.15) is 5.69 Å². The van der Waals surface area contributed by atoms with Gasteiger partial charge in [-0.05, 0) is 12.1 Å². The van der Waals surface area contributed by atoms with Crippen LogP contribution in [-0.4, -0.2) is 51.9 Å². The average Bonchev–Trinajstić information content (AvgIpc) is 2.30. The number of aliphatic hydroxyl groups excluding tert-OH is 1. The summed E-state index contributed by atoms with van der Waals surface area (Å²) in [6.45, 7) is -0.665. The van der Waals surface area contributed by atoms with Gasteiger partial charge in [0, 0.05) is 13.2 Å². The highest BCUT2D eigenvalue weighted by molar-refractivity contribution is 5.87. The Balaban J connectivity index is 2.66. The van der Waals surface area contributed by atoms with E-state index in [4.69, 9.17) is 15.1 Å². The molecule has 7 nitrogen and oxygen atoms in total. The van der Waals surface area contributed by atoms with Gasteiger partial charge in [-0.2, -0.15) is 0 Å². The first-order valence-corrected chi connectivity index (χ1v) is 4.76. The number of hydroxylamine groups is 2. The highest BCUT2D eigenvalue weighted by Crippen LogP contribution is 2.02. The molecule has 0 saturated heterocycles. The first-order chi connectivity index (χ1) is 8.06. The molecule has 17 heavy (non-hydrogen) atoms. The fraction of sp³-hybridized carbons (Fsp3) is 0.300. The van der Waals surface area contributed by atoms with Crippen molar-refractivity contribution < 1.29 is 24.6 Å². The minimum absolute atomic E-state index is 0.0569. The zero-order valence-electron chi connectivity index (χ0n) is 9.11. The number of carbonyl (C=O) groups excluding carboxylic acids is 1. The van der Waals surface area contributed by atoms with E-state index in [1.165, 1.54) is 19.3 Å². The molecule has 1 aromatic heterocycles. The SMILES string of the molecule is CN(OC(=O)c1ccccn1)[C@@H](CO)C(=O)O. The number of hydrogen-bond donors (Lipinski definition) is 2. The summed E-state index contributed by atoms with van der Waals surface area (Å²) in [5, 5.41) is 18.3. The van der Waals surface area contributed by atoms with Crippen molar-refractivity contribution in [1.29, 1.82) is 0 Å². The van der Waals surface area contributed by atoms with Crippen molar-refractivity contribution in [3.63, 3.8) is 0 Å². The van der Waals surface area contributed by atoms with Gasteiger partial charge < -0.3 is 15.1 Å². The number of aromatic nitrogens is 1. The number of carbonyl (C=O) groups is 2. The Morgan fingerprint density at radius 1 is 1.53 bits per heavy atom. The third-order valence-electron chi connectivity index (χ3n) is 2.00. The number of carboxylic acids is 1. The van der Waals surface area contributed by atoms with Gasteiger partial charge in [0.2, 0.25) is 0 Å². The molecule has 0 fully saturated rings. The molecule has 0 aliphatic heterocycles. The second-order valence-corrected chi connectivity index (χ2v) is 3.18. The van der Waals surface area contributed by atoms with Crippen LogP contribution in [0.25, 0.3) is 0 Å². The van der Waals surface area contributed by atoms with Gasteiger partial charge >= 0.3 is 11.9 Å². The molecule has 0 aliphatic rings. The van der Waals surface area contributed by atoms with Crippen LogP contribution in [0.4, 0.5) is 0 Å². The lowest BCUT2D eigenvalue weighted by Crippen LogP contribution is -2.42. The van der Waals surface area contributed by atoms with Crippen molar-refractivity contribution in [2.75, 3.05) is 13.7 Å². The summed E-state index contributed by atoms with van der Waals surface area (Å²) in [6.07, 6.45) is 1.41. The van der Waals surface area contributed by atoms with E-state index in [0.717, 1.165) is 5.06 Å². The number of aliphatic hydroxyl groups is 1. The minimum atomic E-state index is -1.30. The third kappa shape index (κ3) is 3.51. The van der Waals surface area contributed by atoms with Crippen molar-refractivity contribution >= 4 is 11.9 Å². The molecule has 0 spiro atoms. The van der Waals surface area contributed by atoms with E-state index in [-0.39, 0.29) is 5.69 Å². The Morgan fingerprint density at radius 2 is 2.24 bits per heavy atom. The van der Waals surface area contributed by atoms with Crippen molar-refractivity contribution in [3.05, 3.63) is 30.1 Å². The third-order valence-corrected chi connectivity index (χ3v) is 2.00. The second kappa shape index (κ2) is 5.92. The van der Waals surface area contributed by atoms with Crippen molar-refractivity contribution in [3.8, 4) is 0 Å². The molecule has 2 N–H and O–H groups in total. The van der Waals surface area contributed by atoms with Crippen LogP contribution in [0.5, 0.6) is 0 Å². The monoisotopic (exact) mass is 240 g/mol. The van der Waals surface area contributed by atoms with Crippen LogP contribution in [0.3, 0.4) is 0 Å². The summed E-state index contributed by atoms with van der Waals surface area (Å²) in [6, 6.07) is 3.37. The molecule has 1 heterocycles. The number of pyridine rings is 1. The van der Waals surface area contributed by atoms with Crippen LogP contribution in [0.2, 0.25) is 0 Å². The number of nitrogens with zero attached hydrogens (tertiary/aromatic N) is 2. The molecule has 1 aromatic rings. The van der Waals surface area contributed by atoms with E-state index in [1.54, 1.807) is 12.1 Å². The molecule has 1 atom stereocenters. The summed E-state index contributed by atoms with van der Waals surface area (Å²) >= 11 is 0. The second-order valence-electron chi connectivity index (χ2n) is 3.18. The maximum atomic E-state index is 11.5. The maximum absolute atomic E-state index is 11.5. The predicted molar refractivity (Wildman–Crippen MR) is 55.9 cm³/mol. The number of rotatable bonds is 5. The molecule has 0 aromatic carbocycles. The standard InChI is InChI=1S/C10H12N2O5/c1-12(8(6-13)9(14)15)17-10(16)7-4-2-3-5-11-7/h2-5,8,13H,6H2,1H3,(H,14,15)/t8-/m0/s1. The van der Waals surface area contributed by atoms with Crippen LogP contribution in [-0.2, 0) is 9.63 Å². The molecule has 92 valence electrons. The molecule has 0 unspecified atom stereocenters. The fourth-order valence-corrected chi connectivity index (χ4v) is 1.07. The summed E-state index contributed by atoms with van der Waals surface area (Å²) in [5.41, 5.74) is 0.0569. The minimum Gasteiger partial charge on any atom is -0.480 e. The van der Waals surface area contributed by atoms with Gasteiger partial charge in [0.05, 0.1) is 6.61 Å². The van der Waals surface area contributed by atoms with Gasteiger partial charge in [-0.3, -0.25) is 4.79 Å². The molecule has 0 radical (unpaired) electrons.